The van der Waals surface area contributed by atoms with Crippen molar-refractivity contribution < 1.29 is 38.2 Å². The lowest BCUT2D eigenvalue weighted by atomic mass is 9.78. The molecule has 0 bridgehead atoms. The van der Waals surface area contributed by atoms with Gasteiger partial charge in [-0.25, -0.2) is 4.79 Å². The van der Waals surface area contributed by atoms with Crippen LogP contribution in [0, 0.1) is 46.8 Å². The van der Waals surface area contributed by atoms with Crippen molar-refractivity contribution in [3.8, 4) is 0 Å². The van der Waals surface area contributed by atoms with E-state index in [1.165, 1.54) is 12.7 Å². The summed E-state index contributed by atoms with van der Waals surface area (Å²) in [5.41, 5.74) is 2.70. The average molecular weight is 928 g/mol. The molecule has 4 rings (SSSR count). The number of nitrogens with one attached hydrogen (secondary N) is 2. The molecule has 372 valence electrons. The lowest BCUT2D eigenvalue weighted by Gasteiger charge is -2.36. The number of carbonyl (C=O) groups excluding carboxylic acids is 5. The van der Waals surface area contributed by atoms with Crippen molar-refractivity contribution in [1.82, 2.24) is 15.5 Å². The molecule has 2 N–H and O–H groups in total. The van der Waals surface area contributed by atoms with Crippen molar-refractivity contribution in [3.63, 3.8) is 0 Å². The lowest BCUT2D eigenvalue weighted by Crippen LogP contribution is -2.54. The van der Waals surface area contributed by atoms with Gasteiger partial charge in [-0.3, -0.25) is 19.2 Å². The highest BCUT2D eigenvalue weighted by molar-refractivity contribution is 5.92. The Bertz CT molecular complexity index is 1920. The number of ketones is 2. The molecule has 1 unspecified atom stereocenters. The van der Waals surface area contributed by atoms with Crippen molar-refractivity contribution in [3.05, 3.63) is 77.4 Å². The van der Waals surface area contributed by atoms with Gasteiger partial charge in [0.05, 0.1) is 49.4 Å². The number of methoxy groups -OCH3 is 3. The maximum atomic E-state index is 14.4. The van der Waals surface area contributed by atoms with Crippen molar-refractivity contribution >= 4 is 35.4 Å². The molecular weight excluding hydrogens is 843 g/mol. The SMILES string of the molecule is CCC(CC[C@@H]([C@@H](C)CC)[C@@H](CC(=O)N1CCC[C@H]1[C@H](OC)[C@@H](C)C(=O)CC[C@H]1C[C@]1(/C=C/c1ccc(C(=O)OC)cc1)Cc1ccccc1)OC)C(=O)[C@@H](NC(=O)[C@@H](NC)C(C)C)C(C)C. The predicted octanol–water partition coefficient (Wildman–Crippen LogP) is 9.55. The van der Waals surface area contributed by atoms with E-state index in [1.807, 2.05) is 64.6 Å². The standard InChI is InChI=1S/C56H85N3O8/c1-13-38(7)45(28-26-42(14-2)52(62)50(36(3)4)58-54(63)51(57-9)37(5)6)48(65-10)33-49(61)59-32-18-21-46(59)53(66-11)39(8)47(60)29-27-44-35-56(44,34-41-19-16-15-17-20-41)31-30-40-22-24-43(25-23-40)55(64)67-12/h15-17,19-20,22-25,30-31,36-39,42,44-46,48,50-51,53,57H,13-14,18,21,26-29,32-35H2,1-12H3,(H,58,63)/b31-30+/t38-,39-,42?,44-,45-,46-,48+,50-,51-,53+,56-/m0/s1. The largest absolute Gasteiger partial charge is 0.465 e. The summed E-state index contributed by atoms with van der Waals surface area (Å²) >= 11 is 0. The molecule has 1 aliphatic heterocycles. The zero-order valence-corrected chi connectivity index (χ0v) is 43.0. The monoisotopic (exact) mass is 928 g/mol. The summed E-state index contributed by atoms with van der Waals surface area (Å²) < 4.78 is 17.2. The molecule has 0 radical (unpaired) electrons. The number of ether oxygens (including phenoxy) is 3. The molecule has 1 saturated heterocycles. The fourth-order valence-electron chi connectivity index (χ4n) is 10.8. The number of hydrogen-bond donors (Lipinski definition) is 2. The molecule has 1 heterocycles. The van der Waals surface area contributed by atoms with Gasteiger partial charge >= 0.3 is 5.97 Å². The van der Waals surface area contributed by atoms with E-state index in [9.17, 15) is 24.0 Å². The number of benzene rings is 2. The van der Waals surface area contributed by atoms with Gasteiger partial charge in [0.2, 0.25) is 11.8 Å². The number of rotatable bonds is 29. The number of allylic oxidation sites excluding steroid dienone is 1. The third kappa shape index (κ3) is 14.9. The maximum Gasteiger partial charge on any atom is 0.337 e. The molecule has 67 heavy (non-hydrogen) atoms. The maximum absolute atomic E-state index is 14.4. The molecule has 1 saturated carbocycles. The highest BCUT2D eigenvalue weighted by Crippen LogP contribution is 2.58. The number of hydrogen-bond acceptors (Lipinski definition) is 9. The molecule has 11 nitrogen and oxygen atoms in total. The lowest BCUT2D eigenvalue weighted by molar-refractivity contribution is -0.142. The van der Waals surface area contributed by atoms with E-state index in [1.54, 1.807) is 33.4 Å². The van der Waals surface area contributed by atoms with E-state index in [-0.39, 0.29) is 89.0 Å². The van der Waals surface area contributed by atoms with Gasteiger partial charge in [-0.2, -0.15) is 0 Å². The minimum atomic E-state index is -0.584. The van der Waals surface area contributed by atoms with Gasteiger partial charge in [-0.1, -0.05) is 116 Å². The minimum Gasteiger partial charge on any atom is -0.465 e. The average Bonchev–Trinajstić information content (AvgIpc) is 3.77. The van der Waals surface area contributed by atoms with Crippen molar-refractivity contribution in [1.29, 1.82) is 0 Å². The molecule has 2 aromatic rings. The van der Waals surface area contributed by atoms with Crippen molar-refractivity contribution in [2.45, 2.75) is 156 Å². The van der Waals surface area contributed by atoms with Crippen LogP contribution in [0.3, 0.4) is 0 Å². The highest BCUT2D eigenvalue weighted by Gasteiger charge is 2.51. The minimum absolute atomic E-state index is 0.00898. The summed E-state index contributed by atoms with van der Waals surface area (Å²) in [5, 5.41) is 6.17. The summed E-state index contributed by atoms with van der Waals surface area (Å²) in [6.45, 7) is 16.9. The molecule has 11 heteroatoms. The second-order valence-corrected chi connectivity index (χ2v) is 20.4. The van der Waals surface area contributed by atoms with Crippen molar-refractivity contribution in [2.24, 2.45) is 46.8 Å². The van der Waals surface area contributed by atoms with Crippen LogP contribution < -0.4 is 10.6 Å². The van der Waals surface area contributed by atoms with Gasteiger partial charge in [0.1, 0.15) is 5.78 Å². The Kier molecular flexibility index (Phi) is 21.9. The number of nitrogens with zero attached hydrogens (tertiary/aromatic N) is 1. The first kappa shape index (κ1) is 55.4. The summed E-state index contributed by atoms with van der Waals surface area (Å²) in [6, 6.07) is 16.7. The van der Waals surface area contributed by atoms with Gasteiger partial charge in [-0.15, -0.1) is 0 Å². The third-order valence-corrected chi connectivity index (χ3v) is 15.4. The van der Waals surface area contributed by atoms with Crippen LogP contribution in [0.1, 0.15) is 141 Å². The Morgan fingerprint density at radius 2 is 1.52 bits per heavy atom. The normalized spacial score (nSPS) is 21.9. The Balaban J connectivity index is 1.41. The van der Waals surface area contributed by atoms with E-state index >= 15 is 0 Å². The number of carbonyl (C=O) groups is 5. The van der Waals surface area contributed by atoms with Crippen LogP contribution in [-0.2, 0) is 39.8 Å². The van der Waals surface area contributed by atoms with Crippen LogP contribution in [0.4, 0.5) is 0 Å². The molecule has 1 aliphatic carbocycles. The number of esters is 1. The Labute approximate surface area is 403 Å². The predicted molar refractivity (Wildman–Crippen MR) is 267 cm³/mol. The quantitative estimate of drug-likeness (QED) is 0.0764. The van der Waals surface area contributed by atoms with Crippen LogP contribution in [0.25, 0.3) is 6.08 Å². The first-order valence-electron chi connectivity index (χ1n) is 25.3. The first-order chi connectivity index (χ1) is 32.0. The van der Waals surface area contributed by atoms with Crippen LogP contribution >= 0.6 is 0 Å². The molecule has 11 atom stereocenters. The van der Waals surface area contributed by atoms with Gasteiger partial charge < -0.3 is 29.7 Å². The first-order valence-corrected chi connectivity index (χ1v) is 25.3. The van der Waals surface area contributed by atoms with Gasteiger partial charge in [0.15, 0.2) is 5.78 Å². The fraction of sp³-hybridized carbons (Fsp3) is 0.661. The Morgan fingerprint density at radius 3 is 2.09 bits per heavy atom. The highest BCUT2D eigenvalue weighted by atomic mass is 16.5. The molecule has 0 aromatic heterocycles. The van der Waals surface area contributed by atoms with Crippen LogP contribution in [0.2, 0.25) is 0 Å². The summed E-state index contributed by atoms with van der Waals surface area (Å²) in [7, 11) is 6.49. The second kappa shape index (κ2) is 26.5. The van der Waals surface area contributed by atoms with Gasteiger partial charge in [-0.05, 0) is 117 Å². The molecule has 2 amide bonds. The fourth-order valence-corrected chi connectivity index (χ4v) is 10.8. The van der Waals surface area contributed by atoms with E-state index in [0.717, 1.165) is 50.5 Å². The number of amides is 2. The molecular formula is C56H85N3O8. The van der Waals surface area contributed by atoms with E-state index in [2.05, 4.69) is 60.9 Å². The van der Waals surface area contributed by atoms with E-state index in [4.69, 9.17) is 14.2 Å². The molecule has 2 fully saturated rings. The number of likely N-dealkylation sites (N-methyl/N-ethyl adjacent to an activating group) is 1. The topological polar surface area (TPSA) is 140 Å². The Hall–Kier alpha value is -4.19. The number of Topliss-reactive ketones (excluding diaryl/α,β-unsaturated/α-hetero) is 2. The van der Waals surface area contributed by atoms with E-state index < -0.39 is 18.1 Å². The smallest absolute Gasteiger partial charge is 0.337 e. The third-order valence-electron chi connectivity index (χ3n) is 15.4. The summed E-state index contributed by atoms with van der Waals surface area (Å²) in [6.07, 6.45) is 11.5. The Morgan fingerprint density at radius 1 is 0.851 bits per heavy atom. The van der Waals surface area contributed by atoms with Crippen molar-refractivity contribution in [2.75, 3.05) is 34.9 Å². The molecule has 0 spiro atoms. The van der Waals surface area contributed by atoms with Gasteiger partial charge in [0, 0.05) is 39.0 Å². The zero-order chi connectivity index (χ0) is 49.4. The van der Waals surface area contributed by atoms with Crippen LogP contribution in [0.5, 0.6) is 0 Å². The zero-order valence-electron chi connectivity index (χ0n) is 43.0. The van der Waals surface area contributed by atoms with Crippen LogP contribution in [-0.4, -0.2) is 99.5 Å². The van der Waals surface area contributed by atoms with Crippen LogP contribution in [0.15, 0.2) is 60.7 Å². The molecule has 2 aromatic carbocycles. The summed E-state index contributed by atoms with van der Waals surface area (Å²) in [5.74, 6) is -0.267. The number of likely N-dealkylation sites (tertiary alicyclic amines) is 1. The summed E-state index contributed by atoms with van der Waals surface area (Å²) in [4.78, 5) is 69.8. The molecule has 2 aliphatic rings. The second-order valence-electron chi connectivity index (χ2n) is 20.4. The van der Waals surface area contributed by atoms with E-state index in [0.29, 0.717) is 37.3 Å². The van der Waals surface area contributed by atoms with Gasteiger partial charge in [0.25, 0.3) is 0 Å².